The van der Waals surface area contributed by atoms with Gasteiger partial charge in [0.15, 0.2) is 0 Å². The van der Waals surface area contributed by atoms with E-state index in [1.54, 1.807) is 0 Å². The molecule has 0 aromatic heterocycles. The maximum absolute atomic E-state index is 10.00. The second-order valence-electron chi connectivity index (χ2n) is 22.4. The zero-order valence-electron chi connectivity index (χ0n) is 41.2. The first-order valence-corrected chi connectivity index (χ1v) is 27.1. The number of unbranched alkanes of at least 4 members (excludes halogenated alkanes) is 16. The van der Waals surface area contributed by atoms with Crippen molar-refractivity contribution < 1.29 is 5.11 Å². The van der Waals surface area contributed by atoms with Gasteiger partial charge in [-0.05, 0) is 123 Å². The molecule has 2 fully saturated rings. The molecule has 4 N–H and O–H groups in total. The molecule has 0 spiro atoms. The minimum Gasteiger partial charge on any atom is -0.396 e. The molecule has 0 aliphatic heterocycles. The van der Waals surface area contributed by atoms with Crippen molar-refractivity contribution in [3.8, 4) is 0 Å². The topological polar surface area (TPSA) is 58.3 Å². The van der Waals surface area contributed by atoms with E-state index in [0.717, 1.165) is 24.8 Å². The van der Waals surface area contributed by atoms with E-state index in [-0.39, 0.29) is 0 Å². The van der Waals surface area contributed by atoms with Gasteiger partial charge in [0.2, 0.25) is 0 Å². The van der Waals surface area contributed by atoms with Gasteiger partial charge in [0.1, 0.15) is 0 Å². The van der Waals surface area contributed by atoms with Crippen LogP contribution in [0.25, 0.3) is 0 Å². The highest BCUT2D eigenvalue weighted by Crippen LogP contribution is 2.66. The highest BCUT2D eigenvalue weighted by atomic mass is 16.2. The van der Waals surface area contributed by atoms with Gasteiger partial charge in [0.05, 0.1) is 0 Å². The van der Waals surface area contributed by atoms with E-state index in [4.69, 9.17) is 5.84 Å². The lowest BCUT2D eigenvalue weighted by Crippen LogP contribution is -2.50. The summed E-state index contributed by atoms with van der Waals surface area (Å²) < 4.78 is 0. The van der Waals surface area contributed by atoms with Crippen molar-refractivity contribution in [2.45, 2.75) is 299 Å². The Morgan fingerprint density at radius 1 is 0.603 bits per heavy atom. The van der Waals surface area contributed by atoms with Gasteiger partial charge >= 0.3 is 0 Å². The lowest BCUT2D eigenvalue weighted by Gasteiger charge is -2.60. The molecule has 7 unspecified atom stereocenters. The van der Waals surface area contributed by atoms with Crippen molar-refractivity contribution in [3.05, 3.63) is 0 Å². The summed E-state index contributed by atoms with van der Waals surface area (Å²) in [5.41, 5.74) is 4.55. The SMILES string of the molecule is CCCCCCCCCCCCCCCCCCCC1(CC(C)(CCC)C2(C)CCCC(C)CC2)CCCCCCCC1(CC(C)CCCO)CC(C)CCCNN. The smallest absolute Gasteiger partial charge is 0.0431 e. The zero-order chi connectivity index (χ0) is 42.4. The van der Waals surface area contributed by atoms with Crippen LogP contribution in [0.2, 0.25) is 0 Å². The molecule has 0 aromatic rings. The number of hydrogen-bond acceptors (Lipinski definition) is 3. The summed E-state index contributed by atoms with van der Waals surface area (Å²) in [4.78, 5) is 0. The van der Waals surface area contributed by atoms with Gasteiger partial charge in [-0.15, -0.1) is 0 Å². The molecule has 2 aliphatic rings. The highest BCUT2D eigenvalue weighted by molar-refractivity contribution is 5.06. The Balaban J connectivity index is 2.32. The van der Waals surface area contributed by atoms with Crippen molar-refractivity contribution in [2.75, 3.05) is 13.2 Å². The number of hydrazine groups is 1. The van der Waals surface area contributed by atoms with Crippen LogP contribution in [0, 0.1) is 39.4 Å². The fraction of sp³-hybridized carbons (Fsp3) is 1.00. The van der Waals surface area contributed by atoms with Crippen molar-refractivity contribution in [1.29, 1.82) is 0 Å². The number of hydrogen-bond donors (Lipinski definition) is 3. The largest absolute Gasteiger partial charge is 0.396 e. The Hall–Kier alpha value is -0.120. The molecule has 0 heterocycles. The van der Waals surface area contributed by atoms with Crippen LogP contribution in [-0.2, 0) is 0 Å². The Morgan fingerprint density at radius 2 is 1.10 bits per heavy atom. The molecule has 2 aliphatic carbocycles. The van der Waals surface area contributed by atoms with E-state index in [0.29, 0.717) is 34.2 Å². The number of aliphatic hydroxyl groups excluding tert-OH is 1. The summed E-state index contributed by atoms with van der Waals surface area (Å²) in [5.74, 6) is 8.10. The molecule has 7 atom stereocenters. The van der Waals surface area contributed by atoms with Crippen LogP contribution >= 0.6 is 0 Å². The summed E-state index contributed by atoms with van der Waals surface area (Å²) in [6.07, 6.45) is 54.9. The van der Waals surface area contributed by atoms with Crippen LogP contribution in [0.1, 0.15) is 299 Å². The Kier molecular flexibility index (Phi) is 29.5. The fourth-order valence-electron chi connectivity index (χ4n) is 13.4. The maximum atomic E-state index is 10.00. The van der Waals surface area contributed by atoms with E-state index in [1.165, 1.54) is 244 Å². The number of rotatable bonds is 34. The molecule has 346 valence electrons. The quantitative estimate of drug-likeness (QED) is 0.0262. The highest BCUT2D eigenvalue weighted by Gasteiger charge is 2.56. The van der Waals surface area contributed by atoms with Gasteiger partial charge in [-0.3, -0.25) is 11.3 Å². The third-order valence-corrected chi connectivity index (χ3v) is 17.1. The van der Waals surface area contributed by atoms with Crippen LogP contribution < -0.4 is 11.3 Å². The minimum absolute atomic E-state index is 0.343. The van der Waals surface area contributed by atoms with Gasteiger partial charge in [-0.2, -0.15) is 0 Å². The normalized spacial score (nSPS) is 26.9. The number of aliphatic hydroxyl groups is 1. The van der Waals surface area contributed by atoms with Gasteiger partial charge in [0.25, 0.3) is 0 Å². The first-order chi connectivity index (χ1) is 28.0. The van der Waals surface area contributed by atoms with E-state index in [2.05, 4.69) is 53.9 Å². The summed E-state index contributed by atoms with van der Waals surface area (Å²) in [7, 11) is 0. The average molecular weight is 815 g/mol. The van der Waals surface area contributed by atoms with Crippen LogP contribution in [0.15, 0.2) is 0 Å². The molecule has 0 aromatic carbocycles. The standard InChI is InChI=1S/C55H110N2O/c1-8-10-11-12-13-14-15-16-17-18-19-20-21-22-23-25-28-40-54(48-53(7,38-9-2)52(6)39-31-34-49(3)37-43-52)41-29-26-24-27-30-42-55(54,47-51(5)36-33-45-58)46-50(4)35-32-44-57-56/h49-51,57-58H,8-48,56H2,1-7H3. The lowest BCUT2D eigenvalue weighted by atomic mass is 9.45. The van der Waals surface area contributed by atoms with Gasteiger partial charge in [-0.1, -0.05) is 215 Å². The lowest BCUT2D eigenvalue weighted by molar-refractivity contribution is -0.103. The molecule has 2 rings (SSSR count). The monoisotopic (exact) mass is 815 g/mol. The summed E-state index contributed by atoms with van der Waals surface area (Å²) >= 11 is 0. The molecule has 3 heteroatoms. The predicted molar refractivity (Wildman–Crippen MR) is 259 cm³/mol. The predicted octanol–water partition coefficient (Wildman–Crippen LogP) is 17.6. The zero-order valence-corrected chi connectivity index (χ0v) is 41.2. The van der Waals surface area contributed by atoms with E-state index < -0.39 is 0 Å². The molecule has 0 saturated heterocycles. The molecule has 0 amide bonds. The Morgan fingerprint density at radius 3 is 1.62 bits per heavy atom. The van der Waals surface area contributed by atoms with E-state index in [9.17, 15) is 5.11 Å². The second kappa shape index (κ2) is 31.7. The van der Waals surface area contributed by atoms with E-state index in [1.807, 2.05) is 0 Å². The van der Waals surface area contributed by atoms with Gasteiger partial charge in [-0.25, -0.2) is 0 Å². The third-order valence-electron chi connectivity index (χ3n) is 17.1. The maximum Gasteiger partial charge on any atom is 0.0431 e. The molecule has 0 bridgehead atoms. The minimum atomic E-state index is 0.343. The van der Waals surface area contributed by atoms with Crippen molar-refractivity contribution in [1.82, 2.24) is 5.43 Å². The Labute approximate surface area is 366 Å². The molecule has 2 saturated carbocycles. The molecular weight excluding hydrogens is 705 g/mol. The van der Waals surface area contributed by atoms with Crippen molar-refractivity contribution in [3.63, 3.8) is 0 Å². The van der Waals surface area contributed by atoms with E-state index >= 15 is 0 Å². The number of nitrogens with one attached hydrogen (secondary N) is 1. The second-order valence-corrected chi connectivity index (χ2v) is 22.4. The summed E-state index contributed by atoms with van der Waals surface area (Å²) in [5, 5.41) is 10.00. The Bertz CT molecular complexity index is 954. The van der Waals surface area contributed by atoms with Gasteiger partial charge < -0.3 is 5.11 Å². The van der Waals surface area contributed by atoms with Crippen LogP contribution in [0.3, 0.4) is 0 Å². The summed E-state index contributed by atoms with van der Waals surface area (Å²) in [6, 6.07) is 0. The van der Waals surface area contributed by atoms with Gasteiger partial charge in [0, 0.05) is 13.2 Å². The number of nitrogens with two attached hydrogens (primary N) is 1. The third kappa shape index (κ3) is 19.9. The first-order valence-electron chi connectivity index (χ1n) is 27.1. The average Bonchev–Trinajstić information content (AvgIpc) is 3.33. The van der Waals surface area contributed by atoms with Crippen LogP contribution in [0.5, 0.6) is 0 Å². The summed E-state index contributed by atoms with van der Waals surface area (Å²) in [6.45, 7) is 19.5. The fourth-order valence-corrected chi connectivity index (χ4v) is 13.4. The molecule has 58 heavy (non-hydrogen) atoms. The van der Waals surface area contributed by atoms with Crippen molar-refractivity contribution >= 4 is 0 Å². The molecule has 3 nitrogen and oxygen atoms in total. The van der Waals surface area contributed by atoms with Crippen LogP contribution in [0.4, 0.5) is 0 Å². The van der Waals surface area contributed by atoms with Crippen molar-refractivity contribution in [2.24, 2.45) is 45.3 Å². The molecular formula is C55H110N2O. The van der Waals surface area contributed by atoms with Crippen LogP contribution in [-0.4, -0.2) is 18.3 Å². The first kappa shape index (κ1) is 54.0. The molecule has 0 radical (unpaired) electrons.